The zero-order chi connectivity index (χ0) is 19.9. The van der Waals surface area contributed by atoms with Gasteiger partial charge in [-0.1, -0.05) is 34.1 Å². The van der Waals surface area contributed by atoms with Crippen LogP contribution in [-0.2, 0) is 22.3 Å². The second-order valence-electron chi connectivity index (χ2n) is 5.52. The topological polar surface area (TPSA) is 58.2 Å². The van der Waals surface area contributed by atoms with Crippen LogP contribution in [0, 0.1) is 0 Å². The summed E-state index contributed by atoms with van der Waals surface area (Å²) in [7, 11) is 0. The first kappa shape index (κ1) is 21.3. The lowest BCUT2D eigenvalue weighted by Gasteiger charge is -2.09. The number of hydrogen-bond donors (Lipinski definition) is 2. The molecule has 0 atom stereocenters. The Balaban J connectivity index is 1.68. The van der Waals surface area contributed by atoms with Gasteiger partial charge >= 0.3 is 6.18 Å². The van der Waals surface area contributed by atoms with Crippen molar-refractivity contribution in [2.24, 2.45) is 0 Å². The molecule has 0 saturated carbocycles. The van der Waals surface area contributed by atoms with Gasteiger partial charge in [-0.25, -0.2) is 0 Å². The van der Waals surface area contributed by atoms with Crippen molar-refractivity contribution in [1.82, 2.24) is 5.32 Å². The van der Waals surface area contributed by atoms with E-state index in [0.29, 0.717) is 11.3 Å². The Morgan fingerprint density at radius 3 is 2.30 bits per heavy atom. The SMILES string of the molecule is O=C(CSCC(=O)Nc1cccc(Br)c1)NCc1ccc(C(F)(F)F)cc1. The number of carbonyl (C=O) groups is 2. The van der Waals surface area contributed by atoms with Crippen LogP contribution in [0.4, 0.5) is 18.9 Å². The molecule has 2 aromatic carbocycles. The van der Waals surface area contributed by atoms with Crippen LogP contribution in [0.2, 0.25) is 0 Å². The van der Waals surface area contributed by atoms with Gasteiger partial charge in [-0.05, 0) is 35.9 Å². The second-order valence-corrected chi connectivity index (χ2v) is 7.42. The van der Waals surface area contributed by atoms with Crippen molar-refractivity contribution < 1.29 is 22.8 Å². The number of alkyl halides is 3. The molecule has 0 radical (unpaired) electrons. The average molecular weight is 461 g/mol. The molecular weight excluding hydrogens is 445 g/mol. The van der Waals surface area contributed by atoms with Gasteiger partial charge in [-0.15, -0.1) is 11.8 Å². The van der Waals surface area contributed by atoms with Crippen molar-refractivity contribution in [3.8, 4) is 0 Å². The Morgan fingerprint density at radius 2 is 1.67 bits per heavy atom. The fraction of sp³-hybridized carbons (Fsp3) is 0.222. The summed E-state index contributed by atoms with van der Waals surface area (Å²) < 4.78 is 38.3. The van der Waals surface area contributed by atoms with Gasteiger partial charge in [0.15, 0.2) is 0 Å². The Morgan fingerprint density at radius 1 is 1.00 bits per heavy atom. The molecule has 0 aliphatic heterocycles. The second kappa shape index (κ2) is 9.80. The lowest BCUT2D eigenvalue weighted by atomic mass is 10.1. The standard InChI is InChI=1S/C18H16BrF3N2O2S/c19-14-2-1-3-15(8-14)24-17(26)11-27-10-16(25)23-9-12-4-6-13(7-5-12)18(20,21)22/h1-8H,9-11H2,(H,23,25)(H,24,26). The van der Waals surface area contributed by atoms with Crippen molar-refractivity contribution >= 4 is 45.2 Å². The Hall–Kier alpha value is -2.00. The number of rotatable bonds is 7. The Bertz CT molecular complexity index is 798. The van der Waals surface area contributed by atoms with E-state index in [-0.39, 0.29) is 29.9 Å². The van der Waals surface area contributed by atoms with Gasteiger partial charge < -0.3 is 10.6 Å². The summed E-state index contributed by atoms with van der Waals surface area (Å²) in [5, 5.41) is 5.33. The van der Waals surface area contributed by atoms with Gasteiger partial charge in [0.2, 0.25) is 11.8 Å². The van der Waals surface area contributed by atoms with Crippen molar-refractivity contribution in [3.63, 3.8) is 0 Å². The molecule has 2 N–H and O–H groups in total. The van der Waals surface area contributed by atoms with E-state index in [1.165, 1.54) is 12.1 Å². The van der Waals surface area contributed by atoms with Crippen LogP contribution >= 0.6 is 27.7 Å². The van der Waals surface area contributed by atoms with Crippen LogP contribution in [0.3, 0.4) is 0 Å². The number of hydrogen-bond acceptors (Lipinski definition) is 3. The van der Waals surface area contributed by atoms with E-state index in [9.17, 15) is 22.8 Å². The summed E-state index contributed by atoms with van der Waals surface area (Å²) in [5.74, 6) is -0.337. The summed E-state index contributed by atoms with van der Waals surface area (Å²) in [6.45, 7) is 0.127. The number of benzene rings is 2. The summed E-state index contributed by atoms with van der Waals surface area (Å²) in [4.78, 5) is 23.6. The molecular formula is C18H16BrF3N2O2S. The van der Waals surface area contributed by atoms with Gasteiger partial charge in [-0.3, -0.25) is 9.59 Å². The van der Waals surface area contributed by atoms with Crippen LogP contribution in [0.25, 0.3) is 0 Å². The lowest BCUT2D eigenvalue weighted by Crippen LogP contribution is -2.25. The zero-order valence-corrected chi connectivity index (χ0v) is 16.4. The van der Waals surface area contributed by atoms with E-state index >= 15 is 0 Å². The molecule has 0 aromatic heterocycles. The minimum Gasteiger partial charge on any atom is -0.351 e. The first-order chi connectivity index (χ1) is 12.7. The number of nitrogens with one attached hydrogen (secondary N) is 2. The van der Waals surface area contributed by atoms with E-state index in [0.717, 1.165) is 28.4 Å². The van der Waals surface area contributed by atoms with Crippen LogP contribution in [0.5, 0.6) is 0 Å². The van der Waals surface area contributed by atoms with Crippen molar-refractivity contribution in [2.75, 3.05) is 16.8 Å². The quantitative estimate of drug-likeness (QED) is 0.641. The largest absolute Gasteiger partial charge is 0.416 e. The Labute approximate surface area is 167 Å². The maximum absolute atomic E-state index is 12.5. The van der Waals surface area contributed by atoms with E-state index in [1.807, 2.05) is 6.07 Å². The predicted molar refractivity (Wildman–Crippen MR) is 103 cm³/mol. The summed E-state index contributed by atoms with van der Waals surface area (Å²) >= 11 is 4.46. The molecule has 2 rings (SSSR count). The van der Waals surface area contributed by atoms with Crippen LogP contribution in [0.1, 0.15) is 11.1 Å². The third-order valence-electron chi connectivity index (χ3n) is 3.35. The third kappa shape index (κ3) is 7.64. The van der Waals surface area contributed by atoms with Gasteiger partial charge in [0.1, 0.15) is 0 Å². The third-order valence-corrected chi connectivity index (χ3v) is 4.77. The maximum Gasteiger partial charge on any atom is 0.416 e. The minimum absolute atomic E-state index is 0.0759. The molecule has 2 aromatic rings. The molecule has 4 nitrogen and oxygen atoms in total. The molecule has 27 heavy (non-hydrogen) atoms. The van der Waals surface area contributed by atoms with Crippen LogP contribution < -0.4 is 10.6 Å². The number of thioether (sulfide) groups is 1. The molecule has 0 aliphatic carbocycles. The predicted octanol–water partition coefficient (Wildman–Crippen LogP) is 4.46. The van der Waals surface area contributed by atoms with Gasteiger partial charge in [0.25, 0.3) is 0 Å². The summed E-state index contributed by atoms with van der Waals surface area (Å²) in [6, 6.07) is 11.7. The summed E-state index contributed by atoms with van der Waals surface area (Å²) in [5.41, 5.74) is 0.486. The highest BCUT2D eigenvalue weighted by Crippen LogP contribution is 2.29. The first-order valence-corrected chi connectivity index (χ1v) is 9.75. The molecule has 144 valence electrons. The fourth-order valence-corrected chi connectivity index (χ4v) is 3.11. The van der Waals surface area contributed by atoms with E-state index in [2.05, 4.69) is 26.6 Å². The first-order valence-electron chi connectivity index (χ1n) is 7.80. The maximum atomic E-state index is 12.5. The van der Waals surface area contributed by atoms with Crippen molar-refractivity contribution in [2.45, 2.75) is 12.7 Å². The zero-order valence-electron chi connectivity index (χ0n) is 14.0. The van der Waals surface area contributed by atoms with Gasteiger partial charge in [0, 0.05) is 16.7 Å². The smallest absolute Gasteiger partial charge is 0.351 e. The molecule has 0 spiro atoms. The fourth-order valence-electron chi connectivity index (χ4n) is 2.06. The number of anilines is 1. The molecule has 9 heteroatoms. The van der Waals surface area contributed by atoms with Gasteiger partial charge in [-0.2, -0.15) is 13.2 Å². The molecule has 0 bridgehead atoms. The molecule has 2 amide bonds. The minimum atomic E-state index is -4.38. The number of amides is 2. The van der Waals surface area contributed by atoms with Crippen LogP contribution in [-0.4, -0.2) is 23.3 Å². The Kier molecular flexibility index (Phi) is 7.73. The molecule has 0 unspecified atom stereocenters. The molecule has 0 aliphatic rings. The molecule has 0 heterocycles. The van der Waals surface area contributed by atoms with E-state index in [1.54, 1.807) is 18.2 Å². The number of carbonyl (C=O) groups excluding carboxylic acids is 2. The van der Waals surface area contributed by atoms with Crippen LogP contribution in [0.15, 0.2) is 53.0 Å². The van der Waals surface area contributed by atoms with Gasteiger partial charge in [0.05, 0.1) is 17.1 Å². The van der Waals surface area contributed by atoms with E-state index in [4.69, 9.17) is 0 Å². The lowest BCUT2D eigenvalue weighted by molar-refractivity contribution is -0.137. The monoisotopic (exact) mass is 460 g/mol. The van der Waals surface area contributed by atoms with E-state index < -0.39 is 11.7 Å². The van der Waals surface area contributed by atoms with Crippen molar-refractivity contribution in [1.29, 1.82) is 0 Å². The summed E-state index contributed by atoms with van der Waals surface area (Å²) in [6.07, 6.45) is -4.38. The number of halogens is 4. The average Bonchev–Trinajstić information content (AvgIpc) is 2.59. The van der Waals surface area contributed by atoms with Crippen molar-refractivity contribution in [3.05, 3.63) is 64.1 Å². The highest BCUT2D eigenvalue weighted by atomic mass is 79.9. The molecule has 0 saturated heterocycles. The highest BCUT2D eigenvalue weighted by molar-refractivity contribution is 9.10. The normalized spacial score (nSPS) is 11.1. The highest BCUT2D eigenvalue weighted by Gasteiger charge is 2.29. The molecule has 0 fully saturated rings.